The van der Waals surface area contributed by atoms with Gasteiger partial charge in [-0.2, -0.15) is 0 Å². The zero-order valence-electron chi connectivity index (χ0n) is 20.0. The first-order chi connectivity index (χ1) is 17.2. The molecule has 0 amide bonds. The van der Waals surface area contributed by atoms with Crippen molar-refractivity contribution in [2.75, 3.05) is 11.9 Å². The van der Waals surface area contributed by atoms with Crippen molar-refractivity contribution >= 4 is 11.8 Å². The highest BCUT2D eigenvalue weighted by Gasteiger charge is 2.16. The summed E-state index contributed by atoms with van der Waals surface area (Å²) in [5.74, 6) is 1.42. The molecule has 0 aliphatic rings. The molecule has 0 saturated carbocycles. The molecule has 2 N–H and O–H groups in total. The van der Waals surface area contributed by atoms with Crippen LogP contribution in [0.4, 0.5) is 5.82 Å². The standard InChI is InChI=1S/C26H29N7O2/c1-3-5-6-11-23-27-17-22(26(34)35-4-2)24(29-23)28-16-18-12-14-19(15-13-18)20-9-7-8-10-21(20)25-30-32-33-31-25/h7-10,12-15,17H,3-6,11,16H2,1-2H3,(H,27,28,29)(H,30,31,32,33). The molecule has 35 heavy (non-hydrogen) atoms. The number of aromatic amines is 1. The molecule has 0 unspecified atom stereocenters. The van der Waals surface area contributed by atoms with Crippen LogP contribution < -0.4 is 5.32 Å². The van der Waals surface area contributed by atoms with Gasteiger partial charge in [0, 0.05) is 24.7 Å². The zero-order chi connectivity index (χ0) is 24.5. The van der Waals surface area contributed by atoms with Gasteiger partial charge >= 0.3 is 5.97 Å². The summed E-state index contributed by atoms with van der Waals surface area (Å²) >= 11 is 0. The van der Waals surface area contributed by atoms with Crippen molar-refractivity contribution in [3.05, 3.63) is 71.7 Å². The fourth-order valence-corrected chi connectivity index (χ4v) is 3.77. The molecule has 0 radical (unpaired) electrons. The average Bonchev–Trinajstić information content (AvgIpc) is 3.43. The van der Waals surface area contributed by atoms with Gasteiger partial charge in [-0.25, -0.2) is 19.9 Å². The summed E-state index contributed by atoms with van der Waals surface area (Å²) in [5, 5.41) is 17.5. The van der Waals surface area contributed by atoms with E-state index in [0.29, 0.717) is 30.4 Å². The number of carbonyl (C=O) groups excluding carboxylic acids is 1. The van der Waals surface area contributed by atoms with Crippen LogP contribution in [0.25, 0.3) is 22.5 Å². The Balaban J connectivity index is 1.51. The SMILES string of the molecule is CCCCCc1ncc(C(=O)OCC)c(NCc2ccc(-c3ccccc3-c3nnn[nH]3)cc2)n1. The summed E-state index contributed by atoms with van der Waals surface area (Å²) in [5.41, 5.74) is 4.40. The molecular formula is C26H29N7O2. The van der Waals surface area contributed by atoms with Crippen molar-refractivity contribution in [3.63, 3.8) is 0 Å². The number of H-pyrrole nitrogens is 1. The van der Waals surface area contributed by atoms with Crippen LogP contribution in [0, 0.1) is 0 Å². The number of benzene rings is 2. The molecule has 2 aromatic heterocycles. The van der Waals surface area contributed by atoms with Gasteiger partial charge in [-0.3, -0.25) is 0 Å². The van der Waals surface area contributed by atoms with E-state index in [4.69, 9.17) is 4.74 Å². The van der Waals surface area contributed by atoms with E-state index < -0.39 is 5.97 Å². The van der Waals surface area contributed by atoms with Gasteiger partial charge in [0.05, 0.1) is 6.61 Å². The lowest BCUT2D eigenvalue weighted by molar-refractivity contribution is 0.0526. The van der Waals surface area contributed by atoms with Crippen molar-refractivity contribution < 1.29 is 9.53 Å². The summed E-state index contributed by atoms with van der Waals surface area (Å²) < 4.78 is 5.19. The van der Waals surface area contributed by atoms with Crippen LogP contribution in [0.5, 0.6) is 0 Å². The minimum absolute atomic E-state index is 0.295. The second-order valence-corrected chi connectivity index (χ2v) is 8.07. The van der Waals surface area contributed by atoms with Crippen LogP contribution in [-0.2, 0) is 17.7 Å². The molecule has 0 bridgehead atoms. The van der Waals surface area contributed by atoms with Crippen LogP contribution in [0.3, 0.4) is 0 Å². The van der Waals surface area contributed by atoms with E-state index in [1.165, 1.54) is 0 Å². The third-order valence-electron chi connectivity index (χ3n) is 5.59. The van der Waals surface area contributed by atoms with Crippen molar-refractivity contribution in [1.29, 1.82) is 0 Å². The average molecular weight is 472 g/mol. The van der Waals surface area contributed by atoms with Gasteiger partial charge in [-0.05, 0) is 40.5 Å². The van der Waals surface area contributed by atoms with E-state index in [-0.39, 0.29) is 0 Å². The van der Waals surface area contributed by atoms with E-state index in [0.717, 1.165) is 53.8 Å². The number of nitrogens with zero attached hydrogens (tertiary/aromatic N) is 5. The quantitative estimate of drug-likeness (QED) is 0.235. The number of nitrogens with one attached hydrogen (secondary N) is 2. The van der Waals surface area contributed by atoms with Gasteiger partial charge in [0.2, 0.25) is 0 Å². The molecule has 4 aromatic rings. The van der Waals surface area contributed by atoms with Gasteiger partial charge in [0.25, 0.3) is 0 Å². The maximum absolute atomic E-state index is 12.4. The Labute approximate surface area is 204 Å². The van der Waals surface area contributed by atoms with Gasteiger partial charge in [0.1, 0.15) is 17.2 Å². The van der Waals surface area contributed by atoms with Crippen LogP contribution in [0.15, 0.2) is 54.7 Å². The molecule has 0 saturated heterocycles. The topological polar surface area (TPSA) is 119 Å². The predicted molar refractivity (Wildman–Crippen MR) is 134 cm³/mol. The Morgan fingerprint density at radius 1 is 1.03 bits per heavy atom. The molecule has 0 aliphatic carbocycles. The number of hydrogen-bond donors (Lipinski definition) is 2. The van der Waals surface area contributed by atoms with Gasteiger partial charge in [-0.1, -0.05) is 68.3 Å². The maximum atomic E-state index is 12.4. The molecule has 9 nitrogen and oxygen atoms in total. The van der Waals surface area contributed by atoms with Crippen molar-refractivity contribution in [2.45, 2.75) is 46.1 Å². The first-order valence-corrected chi connectivity index (χ1v) is 11.9. The molecule has 2 aromatic carbocycles. The van der Waals surface area contributed by atoms with E-state index >= 15 is 0 Å². The second kappa shape index (κ2) is 11.8. The Bertz CT molecular complexity index is 1240. The smallest absolute Gasteiger partial charge is 0.343 e. The lowest BCUT2D eigenvalue weighted by Crippen LogP contribution is -2.13. The number of ether oxygens (including phenoxy) is 1. The summed E-state index contributed by atoms with van der Waals surface area (Å²) in [6.45, 7) is 4.74. The van der Waals surface area contributed by atoms with Gasteiger partial charge in [-0.15, -0.1) is 5.10 Å². The highest BCUT2D eigenvalue weighted by atomic mass is 16.5. The fraction of sp³-hybridized carbons (Fsp3) is 0.308. The van der Waals surface area contributed by atoms with E-state index in [1.807, 2.05) is 36.4 Å². The van der Waals surface area contributed by atoms with Crippen molar-refractivity contribution in [2.24, 2.45) is 0 Å². The van der Waals surface area contributed by atoms with Crippen molar-refractivity contribution in [3.8, 4) is 22.5 Å². The molecular weight excluding hydrogens is 442 g/mol. The van der Waals surface area contributed by atoms with E-state index in [2.05, 4.69) is 55.0 Å². The highest BCUT2D eigenvalue weighted by molar-refractivity contribution is 5.94. The maximum Gasteiger partial charge on any atom is 0.343 e. The van der Waals surface area contributed by atoms with Crippen LogP contribution in [0.2, 0.25) is 0 Å². The number of rotatable bonds is 11. The summed E-state index contributed by atoms with van der Waals surface area (Å²) in [7, 11) is 0. The molecule has 0 atom stereocenters. The summed E-state index contributed by atoms with van der Waals surface area (Å²) in [4.78, 5) is 21.4. The largest absolute Gasteiger partial charge is 0.462 e. The van der Waals surface area contributed by atoms with Crippen LogP contribution in [-0.4, -0.2) is 43.2 Å². The normalized spacial score (nSPS) is 10.8. The highest BCUT2D eigenvalue weighted by Crippen LogP contribution is 2.29. The second-order valence-electron chi connectivity index (χ2n) is 8.07. The lowest BCUT2D eigenvalue weighted by Gasteiger charge is -2.12. The van der Waals surface area contributed by atoms with Gasteiger partial charge < -0.3 is 10.1 Å². The van der Waals surface area contributed by atoms with E-state index in [9.17, 15) is 4.79 Å². The third kappa shape index (κ3) is 6.06. The lowest BCUT2D eigenvalue weighted by atomic mass is 9.98. The predicted octanol–water partition coefficient (Wildman–Crippen LogP) is 4.85. The van der Waals surface area contributed by atoms with Crippen LogP contribution >= 0.6 is 0 Å². The number of aromatic nitrogens is 6. The molecule has 0 aliphatic heterocycles. The number of anilines is 1. The summed E-state index contributed by atoms with van der Waals surface area (Å²) in [6, 6.07) is 16.2. The zero-order valence-corrected chi connectivity index (χ0v) is 20.0. The molecule has 0 fully saturated rings. The third-order valence-corrected chi connectivity index (χ3v) is 5.59. The number of carbonyl (C=O) groups is 1. The number of aryl methyl sites for hydroxylation is 1. The molecule has 9 heteroatoms. The Hall–Kier alpha value is -4.14. The number of tetrazole rings is 1. The minimum Gasteiger partial charge on any atom is -0.462 e. The summed E-state index contributed by atoms with van der Waals surface area (Å²) in [6.07, 6.45) is 5.60. The molecule has 4 rings (SSSR count). The number of esters is 1. The Morgan fingerprint density at radius 2 is 1.83 bits per heavy atom. The van der Waals surface area contributed by atoms with E-state index in [1.54, 1.807) is 13.1 Å². The monoisotopic (exact) mass is 471 g/mol. The molecule has 2 heterocycles. The fourth-order valence-electron chi connectivity index (χ4n) is 3.77. The Kier molecular flexibility index (Phi) is 8.11. The molecule has 0 spiro atoms. The first kappa shape index (κ1) is 24.0. The van der Waals surface area contributed by atoms with Crippen LogP contribution in [0.1, 0.15) is 54.9 Å². The molecule has 180 valence electrons. The van der Waals surface area contributed by atoms with Crippen molar-refractivity contribution in [1.82, 2.24) is 30.6 Å². The first-order valence-electron chi connectivity index (χ1n) is 11.9. The minimum atomic E-state index is -0.427. The number of unbranched alkanes of at least 4 members (excludes halogenated alkanes) is 2. The van der Waals surface area contributed by atoms with Gasteiger partial charge in [0.15, 0.2) is 5.82 Å². The Morgan fingerprint density at radius 3 is 2.54 bits per heavy atom. The number of hydrogen-bond acceptors (Lipinski definition) is 8.